The standard InChI is InChI=1S/C15H19F4N3O/c16-13-4-2-1-3-11(13)5-7-20-14(23)21-12-6-8-22(9-12)10-15(17,18)19/h1-4,12H,5-10H2,(H2,20,21,23)/t12-/m1/s1. The van der Waals surface area contributed by atoms with E-state index < -0.39 is 18.8 Å². The summed E-state index contributed by atoms with van der Waals surface area (Å²) in [5.74, 6) is -0.326. The van der Waals surface area contributed by atoms with Crippen LogP contribution in [0.3, 0.4) is 0 Å². The normalized spacial score (nSPS) is 18.9. The summed E-state index contributed by atoms with van der Waals surface area (Å²) in [6.45, 7) is -0.217. The van der Waals surface area contributed by atoms with E-state index in [1.165, 1.54) is 11.0 Å². The molecule has 1 saturated heterocycles. The Morgan fingerprint density at radius 1 is 1.30 bits per heavy atom. The van der Waals surface area contributed by atoms with Crippen molar-refractivity contribution in [1.29, 1.82) is 0 Å². The second-order valence-corrected chi connectivity index (χ2v) is 5.58. The molecule has 0 unspecified atom stereocenters. The van der Waals surface area contributed by atoms with Crippen molar-refractivity contribution in [2.75, 3.05) is 26.2 Å². The summed E-state index contributed by atoms with van der Waals surface area (Å²) in [6, 6.07) is 5.55. The van der Waals surface area contributed by atoms with Crippen molar-refractivity contribution in [1.82, 2.24) is 15.5 Å². The number of hydrogen-bond acceptors (Lipinski definition) is 2. The molecule has 0 saturated carbocycles. The lowest BCUT2D eigenvalue weighted by atomic mass is 10.1. The molecule has 1 aliphatic rings. The predicted octanol–water partition coefficient (Wildman–Crippen LogP) is 2.30. The smallest absolute Gasteiger partial charge is 0.338 e. The summed E-state index contributed by atoms with van der Waals surface area (Å²) in [6.07, 6.45) is -3.39. The Labute approximate surface area is 131 Å². The van der Waals surface area contributed by atoms with Crippen molar-refractivity contribution in [3.8, 4) is 0 Å². The monoisotopic (exact) mass is 333 g/mol. The molecular weight excluding hydrogens is 314 g/mol. The average Bonchev–Trinajstić information content (AvgIpc) is 2.85. The molecule has 1 fully saturated rings. The third-order valence-corrected chi connectivity index (χ3v) is 3.65. The van der Waals surface area contributed by atoms with Crippen molar-refractivity contribution in [2.45, 2.75) is 25.1 Å². The van der Waals surface area contributed by atoms with Gasteiger partial charge >= 0.3 is 12.2 Å². The molecule has 1 atom stereocenters. The van der Waals surface area contributed by atoms with E-state index in [-0.39, 0.29) is 24.9 Å². The van der Waals surface area contributed by atoms with Gasteiger partial charge in [-0.05, 0) is 24.5 Å². The van der Waals surface area contributed by atoms with Crippen molar-refractivity contribution in [2.24, 2.45) is 0 Å². The topological polar surface area (TPSA) is 44.4 Å². The maximum atomic E-state index is 13.4. The Kier molecular flexibility index (Phi) is 5.81. The van der Waals surface area contributed by atoms with Crippen LogP contribution in [0.1, 0.15) is 12.0 Å². The molecule has 1 aromatic carbocycles. The third-order valence-electron chi connectivity index (χ3n) is 3.65. The molecule has 1 heterocycles. The Morgan fingerprint density at radius 3 is 2.74 bits per heavy atom. The zero-order chi connectivity index (χ0) is 16.9. The van der Waals surface area contributed by atoms with Crippen LogP contribution in [0.5, 0.6) is 0 Å². The van der Waals surface area contributed by atoms with Gasteiger partial charge in [0, 0.05) is 25.7 Å². The van der Waals surface area contributed by atoms with Gasteiger partial charge in [0.25, 0.3) is 0 Å². The van der Waals surface area contributed by atoms with Gasteiger partial charge in [0.05, 0.1) is 6.54 Å². The molecule has 2 amide bonds. The molecule has 23 heavy (non-hydrogen) atoms. The van der Waals surface area contributed by atoms with Crippen LogP contribution in [0.4, 0.5) is 22.4 Å². The zero-order valence-electron chi connectivity index (χ0n) is 12.5. The van der Waals surface area contributed by atoms with Crippen molar-refractivity contribution in [3.63, 3.8) is 0 Å². The van der Waals surface area contributed by atoms with Gasteiger partial charge in [0.1, 0.15) is 5.82 Å². The minimum atomic E-state index is -4.23. The number of benzene rings is 1. The Morgan fingerprint density at radius 2 is 2.04 bits per heavy atom. The number of urea groups is 1. The summed E-state index contributed by atoms with van der Waals surface area (Å²) in [7, 11) is 0. The lowest BCUT2D eigenvalue weighted by Crippen LogP contribution is -2.44. The highest BCUT2D eigenvalue weighted by Crippen LogP contribution is 2.19. The van der Waals surface area contributed by atoms with E-state index in [4.69, 9.17) is 0 Å². The fourth-order valence-corrected chi connectivity index (χ4v) is 2.60. The van der Waals surface area contributed by atoms with Crippen LogP contribution < -0.4 is 10.6 Å². The fourth-order valence-electron chi connectivity index (χ4n) is 2.60. The second kappa shape index (κ2) is 7.63. The number of hydrogen-bond donors (Lipinski definition) is 2. The molecule has 0 aromatic heterocycles. The first-order valence-electron chi connectivity index (χ1n) is 7.40. The minimum Gasteiger partial charge on any atom is -0.338 e. The first-order chi connectivity index (χ1) is 10.8. The molecule has 8 heteroatoms. The van der Waals surface area contributed by atoms with Crippen LogP contribution in [-0.2, 0) is 6.42 Å². The SMILES string of the molecule is O=C(NCCc1ccccc1F)N[C@@H]1CCN(CC(F)(F)F)C1. The van der Waals surface area contributed by atoms with Crippen LogP contribution in [0.25, 0.3) is 0 Å². The van der Waals surface area contributed by atoms with Gasteiger partial charge in [-0.15, -0.1) is 0 Å². The number of alkyl halides is 3. The lowest BCUT2D eigenvalue weighted by molar-refractivity contribution is -0.143. The molecule has 1 aliphatic heterocycles. The minimum absolute atomic E-state index is 0.181. The van der Waals surface area contributed by atoms with E-state index in [0.717, 1.165) is 0 Å². The maximum Gasteiger partial charge on any atom is 0.401 e. The van der Waals surface area contributed by atoms with E-state index in [9.17, 15) is 22.4 Å². The number of nitrogens with zero attached hydrogens (tertiary/aromatic N) is 1. The van der Waals surface area contributed by atoms with Crippen molar-refractivity contribution < 1.29 is 22.4 Å². The van der Waals surface area contributed by atoms with Gasteiger partial charge < -0.3 is 10.6 Å². The number of halogens is 4. The van der Waals surface area contributed by atoms with E-state index in [0.29, 0.717) is 24.9 Å². The summed E-state index contributed by atoms with van der Waals surface area (Å²) in [4.78, 5) is 13.0. The molecule has 4 nitrogen and oxygen atoms in total. The van der Waals surface area contributed by atoms with Gasteiger partial charge in [-0.3, -0.25) is 4.90 Å². The molecule has 2 N–H and O–H groups in total. The van der Waals surface area contributed by atoms with E-state index in [1.807, 2.05) is 0 Å². The Hall–Kier alpha value is -1.83. The highest BCUT2D eigenvalue weighted by molar-refractivity contribution is 5.74. The average molecular weight is 333 g/mol. The van der Waals surface area contributed by atoms with Crippen LogP contribution >= 0.6 is 0 Å². The van der Waals surface area contributed by atoms with Gasteiger partial charge in [-0.2, -0.15) is 13.2 Å². The van der Waals surface area contributed by atoms with E-state index >= 15 is 0 Å². The molecule has 0 spiro atoms. The van der Waals surface area contributed by atoms with Gasteiger partial charge in [0.15, 0.2) is 0 Å². The van der Waals surface area contributed by atoms with Gasteiger partial charge in [-0.25, -0.2) is 9.18 Å². The Balaban J connectivity index is 1.67. The Bertz CT molecular complexity index is 536. The second-order valence-electron chi connectivity index (χ2n) is 5.58. The maximum absolute atomic E-state index is 13.4. The largest absolute Gasteiger partial charge is 0.401 e. The van der Waals surface area contributed by atoms with Crippen molar-refractivity contribution >= 4 is 6.03 Å². The van der Waals surface area contributed by atoms with Gasteiger partial charge in [0.2, 0.25) is 0 Å². The first kappa shape index (κ1) is 17.5. The summed E-state index contributed by atoms with van der Waals surface area (Å²) in [5, 5.41) is 5.23. The number of carbonyl (C=O) groups excluding carboxylic acids is 1. The summed E-state index contributed by atoms with van der Waals surface area (Å²) < 4.78 is 50.3. The lowest BCUT2D eigenvalue weighted by Gasteiger charge is -2.18. The van der Waals surface area contributed by atoms with Crippen molar-refractivity contribution in [3.05, 3.63) is 35.6 Å². The van der Waals surface area contributed by atoms with E-state index in [1.54, 1.807) is 18.2 Å². The molecule has 1 aromatic rings. The predicted molar refractivity (Wildman–Crippen MR) is 77.5 cm³/mol. The molecule has 0 bridgehead atoms. The van der Waals surface area contributed by atoms with Gasteiger partial charge in [-0.1, -0.05) is 18.2 Å². The van der Waals surface area contributed by atoms with Crippen LogP contribution in [-0.4, -0.2) is 49.3 Å². The molecule has 0 radical (unpaired) electrons. The molecular formula is C15H19F4N3O. The molecule has 0 aliphatic carbocycles. The highest BCUT2D eigenvalue weighted by Gasteiger charge is 2.34. The number of rotatable bonds is 5. The molecule has 2 rings (SSSR count). The summed E-state index contributed by atoms with van der Waals surface area (Å²) >= 11 is 0. The third kappa shape index (κ3) is 6.05. The first-order valence-corrected chi connectivity index (χ1v) is 7.40. The quantitative estimate of drug-likeness (QED) is 0.812. The fraction of sp³-hybridized carbons (Fsp3) is 0.533. The van der Waals surface area contributed by atoms with Crippen LogP contribution in [0.15, 0.2) is 24.3 Å². The zero-order valence-corrected chi connectivity index (χ0v) is 12.5. The number of likely N-dealkylation sites (tertiary alicyclic amines) is 1. The highest BCUT2D eigenvalue weighted by atomic mass is 19.4. The number of carbonyl (C=O) groups is 1. The molecule has 128 valence electrons. The number of amides is 2. The summed E-state index contributed by atoms with van der Waals surface area (Å²) in [5.41, 5.74) is 0.505. The van der Waals surface area contributed by atoms with Crippen LogP contribution in [0.2, 0.25) is 0 Å². The van der Waals surface area contributed by atoms with Crippen LogP contribution in [0, 0.1) is 5.82 Å². The number of nitrogens with one attached hydrogen (secondary N) is 2. The van der Waals surface area contributed by atoms with E-state index in [2.05, 4.69) is 10.6 Å².